The summed E-state index contributed by atoms with van der Waals surface area (Å²) in [7, 11) is 0. The Kier molecular flexibility index (Phi) is 4.18. The summed E-state index contributed by atoms with van der Waals surface area (Å²) in [6, 6.07) is 0. The van der Waals surface area contributed by atoms with E-state index in [4.69, 9.17) is 4.74 Å². The van der Waals surface area contributed by atoms with Crippen LogP contribution in [0.5, 0.6) is 0 Å². The van der Waals surface area contributed by atoms with Crippen molar-refractivity contribution in [3.63, 3.8) is 0 Å². The topological polar surface area (TPSA) is 26.3 Å². The van der Waals surface area contributed by atoms with Crippen LogP contribution in [0.4, 0.5) is 0 Å². The highest BCUT2D eigenvalue weighted by molar-refractivity contribution is 5.56. The first-order chi connectivity index (χ1) is 7.40. The molecule has 2 heteroatoms. The van der Waals surface area contributed by atoms with Gasteiger partial charge in [0.1, 0.15) is 12.4 Å². The molecular formula is C13H22O2. The molecule has 86 valence electrons. The Balaban J connectivity index is 1.87. The largest absolute Gasteiger partial charge is 0.367 e. The zero-order valence-electron chi connectivity index (χ0n) is 9.49. The molecule has 1 aliphatic carbocycles. The second-order valence-electron chi connectivity index (χ2n) is 5.03. The van der Waals surface area contributed by atoms with Crippen LogP contribution in [0.1, 0.15) is 57.8 Å². The number of hydrogen-bond acceptors (Lipinski definition) is 2. The van der Waals surface area contributed by atoms with Gasteiger partial charge in [-0.2, -0.15) is 0 Å². The van der Waals surface area contributed by atoms with E-state index in [1.54, 1.807) is 0 Å². The molecule has 1 saturated carbocycles. The van der Waals surface area contributed by atoms with E-state index in [1.165, 1.54) is 51.4 Å². The fourth-order valence-corrected chi connectivity index (χ4v) is 3.01. The van der Waals surface area contributed by atoms with Gasteiger partial charge in [0.25, 0.3) is 0 Å². The van der Waals surface area contributed by atoms with Crippen molar-refractivity contribution in [3.05, 3.63) is 0 Å². The Morgan fingerprint density at radius 3 is 2.27 bits per heavy atom. The Morgan fingerprint density at radius 2 is 1.60 bits per heavy atom. The van der Waals surface area contributed by atoms with Crippen LogP contribution in [0, 0.1) is 5.92 Å². The van der Waals surface area contributed by atoms with E-state index in [0.29, 0.717) is 6.10 Å². The van der Waals surface area contributed by atoms with Gasteiger partial charge in [-0.05, 0) is 38.0 Å². The maximum absolute atomic E-state index is 10.7. The van der Waals surface area contributed by atoms with E-state index in [9.17, 15) is 4.79 Å². The molecule has 0 spiro atoms. The number of rotatable bonds is 2. The van der Waals surface area contributed by atoms with Crippen LogP contribution >= 0.6 is 0 Å². The molecule has 2 rings (SSSR count). The molecule has 1 saturated heterocycles. The Bertz CT molecular complexity index is 195. The van der Waals surface area contributed by atoms with Gasteiger partial charge in [0.15, 0.2) is 0 Å². The van der Waals surface area contributed by atoms with Crippen LogP contribution in [0.15, 0.2) is 0 Å². The fourth-order valence-electron chi connectivity index (χ4n) is 3.01. The first-order valence-electron chi connectivity index (χ1n) is 6.51. The van der Waals surface area contributed by atoms with Crippen molar-refractivity contribution in [2.45, 2.75) is 70.0 Å². The van der Waals surface area contributed by atoms with Crippen molar-refractivity contribution in [3.8, 4) is 0 Å². The summed E-state index contributed by atoms with van der Waals surface area (Å²) in [4.78, 5) is 10.7. The zero-order valence-corrected chi connectivity index (χ0v) is 9.49. The van der Waals surface area contributed by atoms with E-state index in [2.05, 4.69) is 0 Å². The minimum Gasteiger partial charge on any atom is -0.367 e. The van der Waals surface area contributed by atoms with Crippen LogP contribution in [-0.4, -0.2) is 18.5 Å². The highest BCUT2D eigenvalue weighted by Crippen LogP contribution is 2.32. The van der Waals surface area contributed by atoms with Gasteiger partial charge >= 0.3 is 0 Å². The highest BCUT2D eigenvalue weighted by Gasteiger charge is 2.28. The maximum Gasteiger partial charge on any atom is 0.148 e. The van der Waals surface area contributed by atoms with Gasteiger partial charge in [-0.3, -0.25) is 0 Å². The summed E-state index contributed by atoms with van der Waals surface area (Å²) in [5, 5.41) is 0. The van der Waals surface area contributed by atoms with Crippen molar-refractivity contribution in [1.29, 1.82) is 0 Å². The average Bonchev–Trinajstić information content (AvgIpc) is 2.58. The lowest BCUT2D eigenvalue weighted by Gasteiger charge is -2.32. The minimum atomic E-state index is -0.105. The summed E-state index contributed by atoms with van der Waals surface area (Å²) < 4.78 is 5.86. The van der Waals surface area contributed by atoms with Crippen LogP contribution in [-0.2, 0) is 9.53 Å². The molecule has 0 N–H and O–H groups in total. The van der Waals surface area contributed by atoms with Crippen LogP contribution in [0.3, 0.4) is 0 Å². The summed E-state index contributed by atoms with van der Waals surface area (Å²) in [6.45, 7) is 0. The zero-order chi connectivity index (χ0) is 10.5. The minimum absolute atomic E-state index is 0.105. The third kappa shape index (κ3) is 3.04. The molecular weight excluding hydrogens is 188 g/mol. The van der Waals surface area contributed by atoms with Gasteiger partial charge in [0.2, 0.25) is 0 Å². The Labute approximate surface area is 92.4 Å². The molecule has 2 nitrogen and oxygen atoms in total. The van der Waals surface area contributed by atoms with Crippen LogP contribution in [0.2, 0.25) is 0 Å². The average molecular weight is 210 g/mol. The standard InChI is InChI=1S/C13H22O2/c14-10-12-8-5-9-13(15-12)11-6-3-1-2-4-7-11/h10-13H,1-9H2. The van der Waals surface area contributed by atoms with E-state index in [0.717, 1.165) is 18.6 Å². The predicted octanol–water partition coefficient (Wildman–Crippen LogP) is 3.09. The maximum atomic E-state index is 10.7. The van der Waals surface area contributed by atoms with Crippen molar-refractivity contribution in [2.75, 3.05) is 0 Å². The second-order valence-corrected chi connectivity index (χ2v) is 5.03. The third-order valence-electron chi connectivity index (χ3n) is 3.90. The molecule has 0 aromatic carbocycles. The lowest BCUT2D eigenvalue weighted by molar-refractivity contribution is -0.131. The fraction of sp³-hybridized carbons (Fsp3) is 0.923. The van der Waals surface area contributed by atoms with Crippen LogP contribution in [0.25, 0.3) is 0 Å². The van der Waals surface area contributed by atoms with Gasteiger partial charge in [0.05, 0.1) is 6.10 Å². The summed E-state index contributed by atoms with van der Waals surface area (Å²) in [5.74, 6) is 0.732. The lowest BCUT2D eigenvalue weighted by Crippen LogP contribution is -2.34. The van der Waals surface area contributed by atoms with Gasteiger partial charge in [-0.25, -0.2) is 0 Å². The molecule has 0 amide bonds. The van der Waals surface area contributed by atoms with Crippen molar-refractivity contribution >= 4 is 6.29 Å². The number of aldehydes is 1. The lowest BCUT2D eigenvalue weighted by atomic mass is 9.88. The molecule has 1 aliphatic heterocycles. The van der Waals surface area contributed by atoms with Gasteiger partial charge in [0, 0.05) is 0 Å². The number of carbonyl (C=O) groups is 1. The Morgan fingerprint density at radius 1 is 0.867 bits per heavy atom. The molecule has 2 unspecified atom stereocenters. The van der Waals surface area contributed by atoms with Crippen LogP contribution < -0.4 is 0 Å². The normalized spacial score (nSPS) is 34.7. The molecule has 15 heavy (non-hydrogen) atoms. The van der Waals surface area contributed by atoms with E-state index in [1.807, 2.05) is 0 Å². The molecule has 2 atom stereocenters. The first-order valence-corrected chi connectivity index (χ1v) is 6.51. The van der Waals surface area contributed by atoms with E-state index in [-0.39, 0.29) is 6.10 Å². The second kappa shape index (κ2) is 5.64. The van der Waals surface area contributed by atoms with Gasteiger partial charge < -0.3 is 9.53 Å². The summed E-state index contributed by atoms with van der Waals surface area (Å²) >= 11 is 0. The predicted molar refractivity (Wildman–Crippen MR) is 59.8 cm³/mol. The number of carbonyl (C=O) groups excluding carboxylic acids is 1. The van der Waals surface area contributed by atoms with Gasteiger partial charge in [-0.15, -0.1) is 0 Å². The van der Waals surface area contributed by atoms with Crippen molar-refractivity contribution < 1.29 is 9.53 Å². The van der Waals surface area contributed by atoms with Crippen molar-refractivity contribution in [2.24, 2.45) is 5.92 Å². The molecule has 0 radical (unpaired) electrons. The molecule has 0 aromatic heterocycles. The summed E-state index contributed by atoms with van der Waals surface area (Å²) in [5.41, 5.74) is 0. The SMILES string of the molecule is O=CC1CCCC(C2CCCCCC2)O1. The quantitative estimate of drug-likeness (QED) is 0.517. The first kappa shape index (κ1) is 11.1. The molecule has 2 fully saturated rings. The van der Waals surface area contributed by atoms with E-state index < -0.39 is 0 Å². The number of ether oxygens (including phenoxy) is 1. The highest BCUT2D eigenvalue weighted by atomic mass is 16.5. The smallest absolute Gasteiger partial charge is 0.148 e. The monoisotopic (exact) mass is 210 g/mol. The molecule has 2 aliphatic rings. The van der Waals surface area contributed by atoms with E-state index >= 15 is 0 Å². The molecule has 0 bridgehead atoms. The van der Waals surface area contributed by atoms with Gasteiger partial charge in [-0.1, -0.05) is 25.7 Å². The van der Waals surface area contributed by atoms with Crippen molar-refractivity contribution in [1.82, 2.24) is 0 Å². The Hall–Kier alpha value is -0.370. The molecule has 1 heterocycles. The number of hydrogen-bond donors (Lipinski definition) is 0. The molecule has 0 aromatic rings. The third-order valence-corrected chi connectivity index (χ3v) is 3.90. The summed E-state index contributed by atoms with van der Waals surface area (Å²) in [6.07, 6.45) is 12.7.